The van der Waals surface area contributed by atoms with Crippen molar-refractivity contribution in [3.63, 3.8) is 0 Å². The van der Waals surface area contributed by atoms with Crippen LogP contribution in [0.4, 0.5) is 5.69 Å². The lowest BCUT2D eigenvalue weighted by Gasteiger charge is -2.04. The van der Waals surface area contributed by atoms with Gasteiger partial charge in [0.25, 0.3) is 5.91 Å². The zero-order valence-electron chi connectivity index (χ0n) is 11.1. The van der Waals surface area contributed by atoms with Gasteiger partial charge in [-0.05, 0) is 36.4 Å². The average Bonchev–Trinajstić information content (AvgIpc) is 2.54. The molecule has 2 rings (SSSR count). The topological polar surface area (TPSA) is 91.8 Å². The molecule has 0 fully saturated rings. The molecule has 0 bridgehead atoms. The van der Waals surface area contributed by atoms with E-state index in [0.717, 1.165) is 0 Å². The van der Waals surface area contributed by atoms with Crippen LogP contribution < -0.4 is 11.1 Å². The molecular formula is C16H12N4O. The average molecular weight is 276 g/mol. The number of nitrogens with two attached hydrogens (primary N) is 1. The minimum atomic E-state index is -0.321. The van der Waals surface area contributed by atoms with Crippen molar-refractivity contribution in [1.82, 2.24) is 4.98 Å². The molecular weight excluding hydrogens is 264 g/mol. The monoisotopic (exact) mass is 276 g/mol. The van der Waals surface area contributed by atoms with Gasteiger partial charge in [-0.2, -0.15) is 5.26 Å². The van der Waals surface area contributed by atoms with E-state index in [0.29, 0.717) is 16.8 Å². The molecule has 0 saturated carbocycles. The third kappa shape index (κ3) is 3.90. The summed E-state index contributed by atoms with van der Waals surface area (Å²) in [6.45, 7) is 0.279. The van der Waals surface area contributed by atoms with E-state index < -0.39 is 0 Å². The minimum absolute atomic E-state index is 0.279. The van der Waals surface area contributed by atoms with Crippen LogP contribution in [0.5, 0.6) is 0 Å². The van der Waals surface area contributed by atoms with Crippen LogP contribution in [0.25, 0.3) is 0 Å². The van der Waals surface area contributed by atoms with Crippen molar-refractivity contribution < 1.29 is 4.79 Å². The zero-order chi connectivity index (χ0) is 15.1. The molecule has 0 unspecified atom stereocenters. The Kier molecular flexibility index (Phi) is 4.66. The molecule has 1 amide bonds. The smallest absolute Gasteiger partial charge is 0.274 e. The first-order valence-corrected chi connectivity index (χ1v) is 6.19. The summed E-state index contributed by atoms with van der Waals surface area (Å²) < 4.78 is 0. The highest BCUT2D eigenvalue weighted by molar-refractivity contribution is 6.02. The van der Waals surface area contributed by atoms with Gasteiger partial charge in [0.15, 0.2) is 0 Å². The molecule has 0 aliphatic heterocycles. The maximum atomic E-state index is 12.0. The number of nitriles is 1. The van der Waals surface area contributed by atoms with Crippen LogP contribution >= 0.6 is 0 Å². The van der Waals surface area contributed by atoms with Crippen molar-refractivity contribution in [2.45, 2.75) is 0 Å². The van der Waals surface area contributed by atoms with E-state index in [1.807, 2.05) is 6.07 Å². The lowest BCUT2D eigenvalue weighted by molar-refractivity contribution is 0.102. The van der Waals surface area contributed by atoms with Crippen molar-refractivity contribution in [3.8, 4) is 17.9 Å². The Hall–Kier alpha value is -3.15. The number of anilines is 1. The van der Waals surface area contributed by atoms with Gasteiger partial charge in [0, 0.05) is 17.4 Å². The number of nitrogens with zero attached hydrogens (tertiary/aromatic N) is 2. The van der Waals surface area contributed by atoms with E-state index in [-0.39, 0.29) is 18.1 Å². The predicted octanol–water partition coefficient (Wildman–Crippen LogP) is 1.52. The SMILES string of the molecule is N#Cc1ccc(NC(=O)c2ccc(C#CCN)cn2)cc1. The van der Waals surface area contributed by atoms with Crippen LogP contribution in [-0.4, -0.2) is 17.4 Å². The summed E-state index contributed by atoms with van der Waals surface area (Å²) in [6, 6.07) is 11.9. The fraction of sp³-hybridized carbons (Fsp3) is 0.0625. The fourth-order valence-electron chi connectivity index (χ4n) is 1.58. The maximum absolute atomic E-state index is 12.0. The molecule has 1 aromatic heterocycles. The molecule has 0 atom stereocenters. The summed E-state index contributed by atoms with van der Waals surface area (Å²) in [5.74, 6) is 5.23. The molecule has 3 N–H and O–H groups in total. The summed E-state index contributed by atoms with van der Waals surface area (Å²) in [6.07, 6.45) is 1.52. The highest BCUT2D eigenvalue weighted by Crippen LogP contribution is 2.10. The number of aromatic nitrogens is 1. The summed E-state index contributed by atoms with van der Waals surface area (Å²) in [5.41, 5.74) is 7.42. The summed E-state index contributed by atoms with van der Waals surface area (Å²) >= 11 is 0. The molecule has 21 heavy (non-hydrogen) atoms. The highest BCUT2D eigenvalue weighted by Gasteiger charge is 2.07. The van der Waals surface area contributed by atoms with Crippen LogP contribution in [0.2, 0.25) is 0 Å². The Bertz CT molecular complexity index is 731. The first-order valence-electron chi connectivity index (χ1n) is 6.19. The third-order valence-electron chi connectivity index (χ3n) is 2.60. The number of amides is 1. The van der Waals surface area contributed by atoms with Gasteiger partial charge in [-0.25, -0.2) is 4.98 Å². The summed E-state index contributed by atoms with van der Waals surface area (Å²) in [4.78, 5) is 16.1. The van der Waals surface area contributed by atoms with E-state index in [2.05, 4.69) is 22.1 Å². The van der Waals surface area contributed by atoms with Gasteiger partial charge in [-0.3, -0.25) is 4.79 Å². The van der Waals surface area contributed by atoms with Crippen LogP contribution in [0.3, 0.4) is 0 Å². The quantitative estimate of drug-likeness (QED) is 0.813. The number of carbonyl (C=O) groups excluding carboxylic acids is 1. The normalized spacial score (nSPS) is 9.14. The van der Waals surface area contributed by atoms with Gasteiger partial charge in [0.2, 0.25) is 0 Å². The molecule has 2 aromatic rings. The van der Waals surface area contributed by atoms with E-state index in [1.165, 1.54) is 6.20 Å². The molecule has 5 nitrogen and oxygen atoms in total. The van der Waals surface area contributed by atoms with Crippen LogP contribution in [0.1, 0.15) is 21.6 Å². The van der Waals surface area contributed by atoms with Gasteiger partial charge in [0.05, 0.1) is 18.2 Å². The Morgan fingerprint density at radius 2 is 1.90 bits per heavy atom. The van der Waals surface area contributed by atoms with E-state index in [4.69, 9.17) is 11.0 Å². The van der Waals surface area contributed by atoms with Gasteiger partial charge in [0.1, 0.15) is 5.69 Å². The molecule has 0 spiro atoms. The van der Waals surface area contributed by atoms with Gasteiger partial charge in [-0.1, -0.05) is 11.8 Å². The van der Waals surface area contributed by atoms with Crippen molar-refractivity contribution in [1.29, 1.82) is 5.26 Å². The third-order valence-corrected chi connectivity index (χ3v) is 2.60. The van der Waals surface area contributed by atoms with Crippen molar-refractivity contribution in [2.75, 3.05) is 11.9 Å². The molecule has 1 aromatic carbocycles. The molecule has 5 heteroatoms. The molecule has 1 heterocycles. The van der Waals surface area contributed by atoms with Crippen LogP contribution in [0, 0.1) is 23.2 Å². The number of nitrogens with one attached hydrogen (secondary N) is 1. The minimum Gasteiger partial charge on any atom is -0.321 e. The largest absolute Gasteiger partial charge is 0.321 e. The number of hydrogen-bond donors (Lipinski definition) is 2. The van der Waals surface area contributed by atoms with Crippen molar-refractivity contribution >= 4 is 11.6 Å². The molecule has 0 radical (unpaired) electrons. The second-order valence-corrected chi connectivity index (χ2v) is 4.08. The van der Waals surface area contributed by atoms with Crippen LogP contribution in [0.15, 0.2) is 42.6 Å². The van der Waals surface area contributed by atoms with Crippen molar-refractivity contribution in [3.05, 3.63) is 59.4 Å². The Labute approximate surface area is 122 Å². The number of carbonyl (C=O) groups is 1. The maximum Gasteiger partial charge on any atom is 0.274 e. The second kappa shape index (κ2) is 6.85. The van der Waals surface area contributed by atoms with E-state index in [1.54, 1.807) is 36.4 Å². The fourth-order valence-corrected chi connectivity index (χ4v) is 1.58. The first-order chi connectivity index (χ1) is 10.2. The van der Waals surface area contributed by atoms with E-state index >= 15 is 0 Å². The molecule has 0 aliphatic rings. The van der Waals surface area contributed by atoms with Gasteiger partial charge < -0.3 is 11.1 Å². The molecule has 0 saturated heterocycles. The predicted molar refractivity (Wildman–Crippen MR) is 79.3 cm³/mol. The van der Waals surface area contributed by atoms with Gasteiger partial charge in [-0.15, -0.1) is 0 Å². The number of rotatable bonds is 2. The number of pyridine rings is 1. The Morgan fingerprint density at radius 3 is 2.48 bits per heavy atom. The lowest BCUT2D eigenvalue weighted by atomic mass is 10.2. The zero-order valence-corrected chi connectivity index (χ0v) is 11.1. The highest BCUT2D eigenvalue weighted by atomic mass is 16.1. The van der Waals surface area contributed by atoms with Crippen LogP contribution in [-0.2, 0) is 0 Å². The Morgan fingerprint density at radius 1 is 1.19 bits per heavy atom. The molecule has 0 aliphatic carbocycles. The summed E-state index contributed by atoms with van der Waals surface area (Å²) in [5, 5.41) is 11.4. The number of hydrogen-bond acceptors (Lipinski definition) is 4. The second-order valence-electron chi connectivity index (χ2n) is 4.08. The number of benzene rings is 1. The first kappa shape index (κ1) is 14.3. The summed E-state index contributed by atoms with van der Waals surface area (Å²) in [7, 11) is 0. The van der Waals surface area contributed by atoms with E-state index in [9.17, 15) is 4.79 Å². The molecule has 102 valence electrons. The lowest BCUT2D eigenvalue weighted by Crippen LogP contribution is -2.13. The Balaban J connectivity index is 2.07. The standard InChI is InChI=1S/C16H12N4O/c17-9-1-2-13-5-8-15(19-11-13)16(21)20-14-6-3-12(10-18)4-7-14/h3-8,11H,9,17H2,(H,20,21). The van der Waals surface area contributed by atoms with Gasteiger partial charge >= 0.3 is 0 Å². The van der Waals surface area contributed by atoms with Crippen molar-refractivity contribution in [2.24, 2.45) is 5.73 Å².